The van der Waals surface area contributed by atoms with E-state index in [0.717, 1.165) is 17.3 Å². The second-order valence-corrected chi connectivity index (χ2v) is 8.15. The van der Waals surface area contributed by atoms with Crippen LogP contribution < -0.4 is 0 Å². The van der Waals surface area contributed by atoms with Crippen LogP contribution in [-0.2, 0) is 9.53 Å². The number of ether oxygens (including phenoxy) is 1. The summed E-state index contributed by atoms with van der Waals surface area (Å²) in [6.45, 7) is 5.60. The first-order valence-electron chi connectivity index (χ1n) is 7.57. The Morgan fingerprint density at radius 2 is 2.23 bits per heavy atom. The summed E-state index contributed by atoms with van der Waals surface area (Å²) >= 11 is 3.60. The van der Waals surface area contributed by atoms with Crippen molar-refractivity contribution in [3.8, 4) is 0 Å². The minimum Gasteiger partial charge on any atom is -0.423 e. The minimum absolute atomic E-state index is 0.0341. The zero-order valence-electron chi connectivity index (χ0n) is 12.9. The maximum Gasteiger partial charge on any atom is 0.241 e. The number of carbonyl (C=O) groups is 1. The summed E-state index contributed by atoms with van der Waals surface area (Å²) < 4.78 is 11.3. The first-order valence-corrected chi connectivity index (χ1v) is 9.78. The van der Waals surface area contributed by atoms with Crippen molar-refractivity contribution in [1.29, 1.82) is 0 Å². The van der Waals surface area contributed by atoms with Gasteiger partial charge in [0, 0.05) is 29.7 Å². The van der Waals surface area contributed by atoms with E-state index in [1.807, 2.05) is 30.5 Å². The number of thioether (sulfide) groups is 2. The second-order valence-electron chi connectivity index (χ2n) is 5.69. The van der Waals surface area contributed by atoms with Crippen molar-refractivity contribution < 1.29 is 13.9 Å². The molecular weight excluding hydrogens is 322 g/mol. The monoisotopic (exact) mass is 343 g/mol. The number of nitrogens with zero attached hydrogens (tertiary/aromatic N) is 3. The van der Waals surface area contributed by atoms with Gasteiger partial charge in [-0.1, -0.05) is 13.8 Å². The second kappa shape index (κ2) is 7.23. The summed E-state index contributed by atoms with van der Waals surface area (Å²) in [5, 5.41) is 8.25. The molecule has 1 amide bonds. The fraction of sp³-hybridized carbons (Fsp3) is 0.786. The van der Waals surface area contributed by atoms with Crippen molar-refractivity contribution in [3.63, 3.8) is 0 Å². The van der Waals surface area contributed by atoms with Crippen LogP contribution in [-0.4, -0.2) is 63.3 Å². The van der Waals surface area contributed by atoms with Crippen LogP contribution in [0.5, 0.6) is 0 Å². The van der Waals surface area contributed by atoms with Crippen molar-refractivity contribution in [3.05, 3.63) is 11.8 Å². The predicted molar refractivity (Wildman–Crippen MR) is 87.2 cm³/mol. The van der Waals surface area contributed by atoms with E-state index in [4.69, 9.17) is 9.15 Å². The smallest absolute Gasteiger partial charge is 0.241 e. The molecule has 8 heteroatoms. The topological polar surface area (TPSA) is 68.5 Å². The van der Waals surface area contributed by atoms with Crippen LogP contribution in [0, 0.1) is 0 Å². The predicted octanol–water partition coefficient (Wildman–Crippen LogP) is 1.94. The molecule has 1 aromatic rings. The van der Waals surface area contributed by atoms with Crippen molar-refractivity contribution in [2.24, 2.45) is 0 Å². The molecule has 1 aromatic heterocycles. The Labute approximate surface area is 138 Å². The summed E-state index contributed by atoms with van der Waals surface area (Å²) in [7, 11) is 0. The zero-order valence-corrected chi connectivity index (χ0v) is 14.5. The summed E-state index contributed by atoms with van der Waals surface area (Å²) in [6, 6.07) is -0.256. The van der Waals surface area contributed by atoms with E-state index < -0.39 is 0 Å². The molecule has 2 unspecified atom stereocenters. The maximum absolute atomic E-state index is 12.8. The van der Waals surface area contributed by atoms with Crippen LogP contribution in [0.2, 0.25) is 0 Å². The molecule has 0 aliphatic carbocycles. The number of carbonyl (C=O) groups excluding carboxylic acids is 1. The highest BCUT2D eigenvalue weighted by atomic mass is 32.2. The Morgan fingerprint density at radius 1 is 1.36 bits per heavy atom. The summed E-state index contributed by atoms with van der Waals surface area (Å²) in [4.78, 5) is 14.7. The van der Waals surface area contributed by atoms with Gasteiger partial charge in [0.2, 0.25) is 17.7 Å². The Hall–Kier alpha value is -0.730. The lowest BCUT2D eigenvalue weighted by molar-refractivity contribution is -0.140. The van der Waals surface area contributed by atoms with E-state index in [0.29, 0.717) is 31.5 Å². The maximum atomic E-state index is 12.8. The molecule has 0 spiro atoms. The molecule has 2 aliphatic heterocycles. The van der Waals surface area contributed by atoms with Gasteiger partial charge in [0.1, 0.15) is 6.04 Å². The van der Waals surface area contributed by atoms with E-state index in [2.05, 4.69) is 10.2 Å². The Balaban J connectivity index is 1.76. The van der Waals surface area contributed by atoms with Gasteiger partial charge in [-0.2, -0.15) is 11.8 Å². The molecule has 3 rings (SSSR count). The normalized spacial score (nSPS) is 26.4. The lowest BCUT2D eigenvalue weighted by Crippen LogP contribution is -2.48. The third kappa shape index (κ3) is 3.44. The lowest BCUT2D eigenvalue weighted by atomic mass is 10.2. The molecule has 2 saturated heterocycles. The minimum atomic E-state index is -0.256. The van der Waals surface area contributed by atoms with E-state index in [1.165, 1.54) is 0 Å². The number of hydrogen-bond acceptors (Lipinski definition) is 7. The van der Waals surface area contributed by atoms with Crippen molar-refractivity contribution >= 4 is 29.4 Å². The molecule has 6 nitrogen and oxygen atoms in total. The molecule has 3 heterocycles. The van der Waals surface area contributed by atoms with E-state index in [-0.39, 0.29) is 23.1 Å². The van der Waals surface area contributed by atoms with Gasteiger partial charge in [-0.15, -0.1) is 22.0 Å². The van der Waals surface area contributed by atoms with Gasteiger partial charge in [0.05, 0.1) is 18.5 Å². The van der Waals surface area contributed by atoms with E-state index in [9.17, 15) is 4.79 Å². The fourth-order valence-electron chi connectivity index (χ4n) is 2.50. The highest BCUT2D eigenvalue weighted by molar-refractivity contribution is 8.07. The highest BCUT2D eigenvalue weighted by Crippen LogP contribution is 2.30. The van der Waals surface area contributed by atoms with Crippen molar-refractivity contribution in [2.75, 3.05) is 37.0 Å². The van der Waals surface area contributed by atoms with E-state index >= 15 is 0 Å². The number of rotatable bonds is 3. The molecule has 0 bridgehead atoms. The standard InChI is InChI=1S/C14H21N3O3S2/c1-9(2)12-15-16-13(20-12)10-7-19-4-3-17(10)14(18)11-8-21-5-6-22-11/h9-11H,3-8H2,1-2H3. The summed E-state index contributed by atoms with van der Waals surface area (Å²) in [6.07, 6.45) is 0. The third-order valence-corrected chi connectivity index (χ3v) is 6.48. The molecule has 122 valence electrons. The van der Waals surface area contributed by atoms with Crippen LogP contribution in [0.15, 0.2) is 4.42 Å². The lowest BCUT2D eigenvalue weighted by Gasteiger charge is -2.36. The van der Waals surface area contributed by atoms with Gasteiger partial charge >= 0.3 is 0 Å². The molecular formula is C14H21N3O3S2. The third-order valence-electron chi connectivity index (χ3n) is 3.74. The quantitative estimate of drug-likeness (QED) is 0.831. The molecule has 0 radical (unpaired) electrons. The van der Waals surface area contributed by atoms with Gasteiger partial charge in [0.15, 0.2) is 0 Å². The van der Waals surface area contributed by atoms with Crippen LogP contribution in [0.1, 0.15) is 37.6 Å². The van der Waals surface area contributed by atoms with Crippen LogP contribution >= 0.6 is 23.5 Å². The molecule has 2 aliphatic rings. The average molecular weight is 343 g/mol. The first-order chi connectivity index (χ1) is 10.7. The molecule has 22 heavy (non-hydrogen) atoms. The molecule has 0 N–H and O–H groups in total. The number of aromatic nitrogens is 2. The zero-order chi connectivity index (χ0) is 15.5. The number of morpholine rings is 1. The van der Waals surface area contributed by atoms with Gasteiger partial charge in [-0.05, 0) is 0 Å². The Morgan fingerprint density at radius 3 is 2.91 bits per heavy atom. The Kier molecular flexibility index (Phi) is 5.30. The average Bonchev–Trinajstić information content (AvgIpc) is 3.05. The van der Waals surface area contributed by atoms with Gasteiger partial charge in [-0.3, -0.25) is 4.79 Å². The van der Waals surface area contributed by atoms with Crippen molar-refractivity contribution in [2.45, 2.75) is 31.1 Å². The molecule has 0 saturated carbocycles. The van der Waals surface area contributed by atoms with Gasteiger partial charge in [-0.25, -0.2) is 0 Å². The summed E-state index contributed by atoms with van der Waals surface area (Å²) in [5.74, 6) is 4.50. The van der Waals surface area contributed by atoms with Crippen LogP contribution in [0.25, 0.3) is 0 Å². The van der Waals surface area contributed by atoms with Crippen LogP contribution in [0.4, 0.5) is 0 Å². The molecule has 2 fully saturated rings. The van der Waals surface area contributed by atoms with E-state index in [1.54, 1.807) is 11.8 Å². The first kappa shape index (κ1) is 16.1. The molecule has 2 atom stereocenters. The number of amides is 1. The molecule has 0 aromatic carbocycles. The SMILES string of the molecule is CC(C)c1nnc(C2COCCN2C(=O)C2CSCCS2)o1. The van der Waals surface area contributed by atoms with Crippen LogP contribution in [0.3, 0.4) is 0 Å². The highest BCUT2D eigenvalue weighted by Gasteiger charge is 2.36. The van der Waals surface area contributed by atoms with Crippen molar-refractivity contribution in [1.82, 2.24) is 15.1 Å². The largest absolute Gasteiger partial charge is 0.423 e. The number of hydrogen-bond donors (Lipinski definition) is 0. The van der Waals surface area contributed by atoms with Gasteiger partial charge in [0.25, 0.3) is 0 Å². The fourth-order valence-corrected chi connectivity index (χ4v) is 5.12. The van der Waals surface area contributed by atoms with Gasteiger partial charge < -0.3 is 14.1 Å². The summed E-state index contributed by atoms with van der Waals surface area (Å²) in [5.41, 5.74) is 0. The Bertz CT molecular complexity index is 517.